The van der Waals surface area contributed by atoms with Crippen LogP contribution in [0, 0.1) is 16.5 Å². The van der Waals surface area contributed by atoms with Crippen molar-refractivity contribution in [1.29, 1.82) is 0 Å². The summed E-state index contributed by atoms with van der Waals surface area (Å²) in [6.45, 7) is 0.220. The van der Waals surface area contributed by atoms with Gasteiger partial charge >= 0.3 is 5.97 Å². The molecule has 6 rings (SSSR count). The van der Waals surface area contributed by atoms with Crippen molar-refractivity contribution < 1.29 is 27.9 Å². The maximum absolute atomic E-state index is 14.4. The maximum atomic E-state index is 14.4. The lowest BCUT2D eigenvalue weighted by Gasteiger charge is -2.46. The minimum absolute atomic E-state index is 0.0495. The van der Waals surface area contributed by atoms with E-state index in [-0.39, 0.29) is 47.0 Å². The Bertz CT molecular complexity index is 1650. The molecule has 1 saturated heterocycles. The molecule has 4 aromatic rings. The van der Waals surface area contributed by atoms with Gasteiger partial charge in [0, 0.05) is 17.7 Å². The van der Waals surface area contributed by atoms with Gasteiger partial charge in [-0.05, 0) is 48.7 Å². The first-order valence-corrected chi connectivity index (χ1v) is 13.3. The van der Waals surface area contributed by atoms with Crippen molar-refractivity contribution in [2.24, 2.45) is 5.18 Å². The van der Waals surface area contributed by atoms with Gasteiger partial charge in [-0.25, -0.2) is 18.6 Å². The van der Waals surface area contributed by atoms with Crippen LogP contribution in [0.5, 0.6) is 5.75 Å². The Morgan fingerprint density at radius 1 is 1.15 bits per heavy atom. The van der Waals surface area contributed by atoms with Crippen molar-refractivity contribution in [3.63, 3.8) is 0 Å². The average Bonchev–Trinajstić information content (AvgIpc) is 3.68. The molecule has 9 nitrogen and oxygen atoms in total. The fourth-order valence-electron chi connectivity index (χ4n) is 4.92. The standard InChI is InChI=1S/C28H20Cl2F2N4O5/c29-20-8-17(31)9-21(30)23(20)24-19(25(41-34-24)14-1-2-14)11-40-18-5-3-16(4-6-18)28(35-39)12-36(13-28)26-22(32)7-15(10-33-26)27(37)38/h3-10,14H,1-2,11-13H2,(H,37,38). The summed E-state index contributed by atoms with van der Waals surface area (Å²) >= 11 is 12.6. The Hall–Kier alpha value is -4.09. The number of carboxylic acid groups (broad SMARTS) is 1. The summed E-state index contributed by atoms with van der Waals surface area (Å²) in [6, 6.07) is 9.99. The Balaban J connectivity index is 1.18. The maximum Gasteiger partial charge on any atom is 0.337 e. The van der Waals surface area contributed by atoms with Crippen molar-refractivity contribution in [2.45, 2.75) is 30.9 Å². The molecule has 1 aliphatic carbocycles. The van der Waals surface area contributed by atoms with Crippen molar-refractivity contribution >= 4 is 35.0 Å². The van der Waals surface area contributed by atoms with E-state index in [2.05, 4.69) is 15.3 Å². The molecular weight excluding hydrogens is 581 g/mol. The van der Waals surface area contributed by atoms with Gasteiger partial charge < -0.3 is 19.3 Å². The van der Waals surface area contributed by atoms with Crippen LogP contribution in [0.3, 0.4) is 0 Å². The highest BCUT2D eigenvalue weighted by Gasteiger charge is 2.48. The van der Waals surface area contributed by atoms with Gasteiger partial charge in [-0.1, -0.05) is 45.7 Å². The number of benzene rings is 2. The summed E-state index contributed by atoms with van der Waals surface area (Å²) in [5, 5.41) is 16.7. The topological polar surface area (TPSA) is 118 Å². The predicted octanol–water partition coefficient (Wildman–Crippen LogP) is 6.96. The van der Waals surface area contributed by atoms with E-state index in [4.69, 9.17) is 37.6 Å². The van der Waals surface area contributed by atoms with Crippen LogP contribution >= 0.6 is 23.2 Å². The molecule has 2 aromatic heterocycles. The Morgan fingerprint density at radius 2 is 1.83 bits per heavy atom. The molecule has 3 heterocycles. The van der Waals surface area contributed by atoms with E-state index >= 15 is 0 Å². The number of carboxylic acids is 1. The van der Waals surface area contributed by atoms with Crippen molar-refractivity contribution in [1.82, 2.24) is 10.1 Å². The first-order valence-electron chi connectivity index (χ1n) is 12.5. The number of pyridine rings is 1. The molecule has 0 bridgehead atoms. The minimum Gasteiger partial charge on any atom is -0.489 e. The number of nitrogens with zero attached hydrogens (tertiary/aromatic N) is 4. The number of nitroso groups, excluding NO2 is 1. The second-order valence-electron chi connectivity index (χ2n) is 10.0. The van der Waals surface area contributed by atoms with Crippen LogP contribution in [-0.4, -0.2) is 34.3 Å². The first-order chi connectivity index (χ1) is 19.7. The van der Waals surface area contributed by atoms with Gasteiger partial charge in [0.1, 0.15) is 29.6 Å². The summed E-state index contributed by atoms with van der Waals surface area (Å²) in [6.07, 6.45) is 2.96. The van der Waals surface area contributed by atoms with Crippen molar-refractivity contribution in [3.05, 3.63) is 97.7 Å². The molecule has 2 fully saturated rings. The molecule has 0 unspecified atom stereocenters. The van der Waals surface area contributed by atoms with E-state index in [0.29, 0.717) is 33.9 Å². The second-order valence-corrected chi connectivity index (χ2v) is 10.8. The third-order valence-electron chi connectivity index (χ3n) is 7.23. The Labute approximate surface area is 241 Å². The van der Waals surface area contributed by atoms with Crippen LogP contribution in [0.15, 0.2) is 58.4 Å². The summed E-state index contributed by atoms with van der Waals surface area (Å²) in [7, 11) is 0. The molecule has 1 aliphatic heterocycles. The monoisotopic (exact) mass is 600 g/mol. The number of aromatic carboxylic acids is 1. The molecule has 0 amide bonds. The van der Waals surface area contributed by atoms with Gasteiger partial charge in [0.25, 0.3) is 0 Å². The lowest BCUT2D eigenvalue weighted by Crippen LogP contribution is -2.58. The number of hydrogen-bond acceptors (Lipinski definition) is 8. The third-order valence-corrected chi connectivity index (χ3v) is 7.83. The number of halogens is 4. The highest BCUT2D eigenvalue weighted by Crippen LogP contribution is 2.46. The van der Waals surface area contributed by atoms with Gasteiger partial charge in [0.15, 0.2) is 17.2 Å². The van der Waals surface area contributed by atoms with Gasteiger partial charge in [0.05, 0.1) is 34.3 Å². The Morgan fingerprint density at radius 3 is 2.41 bits per heavy atom. The highest BCUT2D eigenvalue weighted by atomic mass is 35.5. The molecule has 2 aliphatic rings. The van der Waals surface area contributed by atoms with E-state index in [9.17, 15) is 18.5 Å². The zero-order chi connectivity index (χ0) is 28.9. The summed E-state index contributed by atoms with van der Waals surface area (Å²) in [4.78, 5) is 28.3. The number of carbonyl (C=O) groups is 1. The fourth-order valence-corrected chi connectivity index (χ4v) is 5.56. The molecule has 0 atom stereocenters. The minimum atomic E-state index is -1.29. The third kappa shape index (κ3) is 5.00. The van der Waals surface area contributed by atoms with Crippen molar-refractivity contribution in [2.75, 3.05) is 18.0 Å². The zero-order valence-corrected chi connectivity index (χ0v) is 22.6. The Kier molecular flexibility index (Phi) is 6.87. The average molecular weight is 601 g/mol. The quantitative estimate of drug-likeness (QED) is 0.205. The number of aromatic nitrogens is 2. The van der Waals surface area contributed by atoms with Crippen molar-refractivity contribution in [3.8, 4) is 17.0 Å². The molecule has 41 heavy (non-hydrogen) atoms. The summed E-state index contributed by atoms with van der Waals surface area (Å²) < 4.78 is 39.9. The molecule has 13 heteroatoms. The van der Waals surface area contributed by atoms with E-state index in [1.165, 1.54) is 4.90 Å². The van der Waals surface area contributed by atoms with Crippen LogP contribution in [-0.2, 0) is 12.1 Å². The van der Waals surface area contributed by atoms with Crippen LogP contribution in [0.25, 0.3) is 11.3 Å². The SMILES string of the molecule is O=NC1(c2ccc(OCc3c(-c4c(Cl)cc(F)cc4Cl)noc3C3CC3)cc2)CN(c2ncc(C(=O)O)cc2F)C1. The van der Waals surface area contributed by atoms with E-state index in [1.807, 2.05) is 0 Å². The molecule has 210 valence electrons. The van der Waals surface area contributed by atoms with Crippen LogP contribution in [0.4, 0.5) is 14.6 Å². The number of ether oxygens (including phenoxy) is 1. The van der Waals surface area contributed by atoms with Gasteiger partial charge in [0.2, 0.25) is 0 Å². The van der Waals surface area contributed by atoms with Gasteiger partial charge in [-0.3, -0.25) is 0 Å². The van der Waals surface area contributed by atoms with E-state index in [1.54, 1.807) is 24.3 Å². The zero-order valence-electron chi connectivity index (χ0n) is 21.1. The van der Waals surface area contributed by atoms with Gasteiger partial charge in [-0.15, -0.1) is 4.91 Å². The first kappa shape index (κ1) is 27.1. The molecule has 0 radical (unpaired) electrons. The summed E-state index contributed by atoms with van der Waals surface area (Å²) in [5.41, 5.74) is 0.609. The molecule has 1 saturated carbocycles. The van der Waals surface area contributed by atoms with Crippen LogP contribution in [0.2, 0.25) is 10.0 Å². The number of hydrogen-bond donors (Lipinski definition) is 1. The lowest BCUT2D eigenvalue weighted by atomic mass is 9.83. The van der Waals surface area contributed by atoms with Crippen LogP contribution < -0.4 is 9.64 Å². The number of anilines is 1. The highest BCUT2D eigenvalue weighted by molar-refractivity contribution is 6.39. The smallest absolute Gasteiger partial charge is 0.337 e. The molecule has 2 aromatic carbocycles. The fraction of sp³-hybridized carbons (Fsp3) is 0.250. The normalized spacial score (nSPS) is 15.9. The lowest BCUT2D eigenvalue weighted by molar-refractivity contribution is 0.0696. The van der Waals surface area contributed by atoms with Gasteiger partial charge in [-0.2, -0.15) is 0 Å². The predicted molar refractivity (Wildman–Crippen MR) is 146 cm³/mol. The summed E-state index contributed by atoms with van der Waals surface area (Å²) in [5.74, 6) is -1.33. The van der Waals surface area contributed by atoms with E-state index < -0.39 is 23.1 Å². The molecular formula is C28H20Cl2F2N4O5. The molecule has 0 spiro atoms. The van der Waals surface area contributed by atoms with E-state index in [0.717, 1.165) is 37.2 Å². The van der Waals surface area contributed by atoms with Crippen LogP contribution in [0.1, 0.15) is 46.0 Å². The number of rotatable bonds is 9. The molecule has 1 N–H and O–H groups in total. The second kappa shape index (κ2) is 10.4. The largest absolute Gasteiger partial charge is 0.489 e.